The van der Waals surface area contributed by atoms with E-state index in [9.17, 15) is 23.1 Å². The summed E-state index contributed by atoms with van der Waals surface area (Å²) in [5.41, 5.74) is -3.18. The molecular formula is C17H11BrClF3N2O2. The first kappa shape index (κ1) is 18.9. The lowest BCUT2D eigenvalue weighted by atomic mass is 10.0. The molecule has 3 rings (SSSR count). The lowest BCUT2D eigenvalue weighted by molar-refractivity contribution is -0.297. The molecule has 4 nitrogen and oxygen atoms in total. The Morgan fingerprint density at radius 3 is 2.27 bits per heavy atom. The summed E-state index contributed by atoms with van der Waals surface area (Å²) >= 11 is 8.97. The summed E-state index contributed by atoms with van der Waals surface area (Å²) in [4.78, 5) is 12.6. The van der Waals surface area contributed by atoms with Crippen LogP contribution >= 0.6 is 27.5 Å². The summed E-state index contributed by atoms with van der Waals surface area (Å²) in [6, 6.07) is 11.7. The topological polar surface area (TPSA) is 52.9 Å². The zero-order valence-corrected chi connectivity index (χ0v) is 15.3. The number of carbonyl (C=O) groups is 1. The van der Waals surface area contributed by atoms with Gasteiger partial charge in [0.25, 0.3) is 11.6 Å². The predicted octanol–water partition coefficient (Wildman–Crippen LogP) is 4.60. The maximum atomic E-state index is 13.5. The highest BCUT2D eigenvalue weighted by molar-refractivity contribution is 9.10. The first-order chi connectivity index (χ1) is 12.1. The van der Waals surface area contributed by atoms with Crippen molar-refractivity contribution >= 4 is 39.1 Å². The fourth-order valence-corrected chi connectivity index (χ4v) is 2.89. The fourth-order valence-electron chi connectivity index (χ4n) is 2.50. The number of benzene rings is 2. The van der Waals surface area contributed by atoms with Gasteiger partial charge in [0, 0.05) is 15.1 Å². The van der Waals surface area contributed by atoms with Crippen LogP contribution in [-0.2, 0) is 0 Å². The second-order valence-electron chi connectivity index (χ2n) is 5.67. The Morgan fingerprint density at radius 1 is 1.15 bits per heavy atom. The molecule has 0 saturated heterocycles. The van der Waals surface area contributed by atoms with Gasteiger partial charge < -0.3 is 5.11 Å². The number of hydrazone groups is 1. The van der Waals surface area contributed by atoms with E-state index in [2.05, 4.69) is 21.0 Å². The van der Waals surface area contributed by atoms with Gasteiger partial charge in [-0.1, -0.05) is 39.7 Å². The molecule has 0 aliphatic carbocycles. The van der Waals surface area contributed by atoms with Gasteiger partial charge in [-0.2, -0.15) is 23.3 Å². The molecule has 26 heavy (non-hydrogen) atoms. The standard InChI is InChI=1S/C17H11BrClF3N2O2/c18-12-5-1-11(2-6-12)15(25)24-16(26,17(20,21)22)9-14(23-24)10-3-7-13(19)8-4-10/h1-8,26H,9H2/t16-/m1/s1. The summed E-state index contributed by atoms with van der Waals surface area (Å²) in [6.07, 6.45) is -5.96. The Kier molecular flexibility index (Phi) is 4.85. The Morgan fingerprint density at radius 2 is 1.73 bits per heavy atom. The normalized spacial score (nSPS) is 20.2. The largest absolute Gasteiger partial charge is 0.438 e. The first-order valence-corrected chi connectivity index (χ1v) is 8.51. The number of nitrogens with zero attached hydrogens (tertiary/aromatic N) is 2. The van der Waals surface area contributed by atoms with Crippen LogP contribution in [0.3, 0.4) is 0 Å². The van der Waals surface area contributed by atoms with Gasteiger partial charge in [-0.3, -0.25) is 4.79 Å². The van der Waals surface area contributed by atoms with E-state index in [0.717, 1.165) is 0 Å². The third-order valence-corrected chi connectivity index (χ3v) is 4.68. The lowest BCUT2D eigenvalue weighted by Gasteiger charge is -2.32. The van der Waals surface area contributed by atoms with Crippen LogP contribution in [0.15, 0.2) is 58.1 Å². The molecule has 1 amide bonds. The van der Waals surface area contributed by atoms with E-state index in [-0.39, 0.29) is 16.3 Å². The third-order valence-electron chi connectivity index (χ3n) is 3.90. The molecule has 1 atom stereocenters. The number of amides is 1. The highest BCUT2D eigenvalue weighted by Gasteiger charge is 2.63. The van der Waals surface area contributed by atoms with Crippen LogP contribution < -0.4 is 0 Å². The highest BCUT2D eigenvalue weighted by Crippen LogP contribution is 2.42. The number of carbonyl (C=O) groups excluding carboxylic acids is 1. The van der Waals surface area contributed by atoms with Gasteiger partial charge in [-0.25, -0.2) is 0 Å². The van der Waals surface area contributed by atoms with Crippen molar-refractivity contribution in [2.75, 3.05) is 0 Å². The number of alkyl halides is 3. The van der Waals surface area contributed by atoms with Crippen molar-refractivity contribution in [1.82, 2.24) is 5.01 Å². The van der Waals surface area contributed by atoms with Crippen molar-refractivity contribution in [3.05, 3.63) is 69.2 Å². The van der Waals surface area contributed by atoms with Crippen LogP contribution in [0.5, 0.6) is 0 Å². The van der Waals surface area contributed by atoms with Crippen molar-refractivity contribution in [2.45, 2.75) is 18.3 Å². The van der Waals surface area contributed by atoms with E-state index >= 15 is 0 Å². The van der Waals surface area contributed by atoms with Gasteiger partial charge in [0.2, 0.25) is 0 Å². The molecule has 0 unspecified atom stereocenters. The third kappa shape index (κ3) is 3.36. The highest BCUT2D eigenvalue weighted by atomic mass is 79.9. The molecule has 1 heterocycles. The first-order valence-electron chi connectivity index (χ1n) is 7.34. The molecule has 2 aromatic carbocycles. The second-order valence-corrected chi connectivity index (χ2v) is 7.02. The Labute approximate surface area is 160 Å². The maximum Gasteiger partial charge on any atom is 0.438 e. The molecule has 0 bridgehead atoms. The zero-order valence-electron chi connectivity index (χ0n) is 13.0. The SMILES string of the molecule is O=C(c1ccc(Br)cc1)N1N=C(c2ccc(Cl)cc2)C[C@@]1(O)C(F)(F)F. The van der Waals surface area contributed by atoms with Gasteiger partial charge in [-0.05, 0) is 42.0 Å². The number of halogens is 5. The molecular weight excluding hydrogens is 437 g/mol. The van der Waals surface area contributed by atoms with Gasteiger partial charge in [0.15, 0.2) is 0 Å². The van der Waals surface area contributed by atoms with Crippen molar-refractivity contribution < 1.29 is 23.1 Å². The summed E-state index contributed by atoms with van der Waals surface area (Å²) in [7, 11) is 0. The van der Waals surface area contributed by atoms with E-state index < -0.39 is 24.2 Å². The maximum absolute atomic E-state index is 13.5. The van der Waals surface area contributed by atoms with Crippen molar-refractivity contribution in [2.24, 2.45) is 5.10 Å². The average molecular weight is 448 g/mol. The second kappa shape index (κ2) is 6.68. The molecule has 0 fully saturated rings. The molecule has 1 aliphatic rings. The van der Waals surface area contributed by atoms with Crippen LogP contribution in [0.2, 0.25) is 5.02 Å². The summed E-state index contributed by atoms with van der Waals surface area (Å²) in [5.74, 6) is -1.05. The Bertz CT molecular complexity index is 869. The summed E-state index contributed by atoms with van der Waals surface area (Å²) in [6.45, 7) is 0. The minimum Gasteiger partial charge on any atom is -0.362 e. The molecule has 2 aromatic rings. The fraction of sp³-hybridized carbons (Fsp3) is 0.176. The van der Waals surface area contributed by atoms with E-state index in [4.69, 9.17) is 11.6 Å². The van der Waals surface area contributed by atoms with Gasteiger partial charge in [0.05, 0.1) is 12.1 Å². The van der Waals surface area contributed by atoms with Crippen LogP contribution in [0.4, 0.5) is 13.2 Å². The van der Waals surface area contributed by atoms with Gasteiger partial charge in [-0.15, -0.1) is 0 Å². The molecule has 0 aromatic heterocycles. The lowest BCUT2D eigenvalue weighted by Crippen LogP contribution is -2.56. The van der Waals surface area contributed by atoms with E-state index in [1.165, 1.54) is 48.5 Å². The van der Waals surface area contributed by atoms with E-state index in [1.54, 1.807) is 0 Å². The number of hydrogen-bond acceptors (Lipinski definition) is 3. The van der Waals surface area contributed by atoms with Crippen LogP contribution in [-0.4, -0.2) is 33.6 Å². The molecule has 0 spiro atoms. The van der Waals surface area contributed by atoms with Gasteiger partial charge in [0.1, 0.15) is 0 Å². The van der Waals surface area contributed by atoms with Crippen LogP contribution in [0.1, 0.15) is 22.3 Å². The monoisotopic (exact) mass is 446 g/mol. The Hall–Kier alpha value is -1.90. The molecule has 9 heteroatoms. The van der Waals surface area contributed by atoms with Crippen LogP contribution in [0.25, 0.3) is 0 Å². The minimum atomic E-state index is -5.09. The van der Waals surface area contributed by atoms with Crippen LogP contribution in [0, 0.1) is 0 Å². The molecule has 1 aliphatic heterocycles. The van der Waals surface area contributed by atoms with Gasteiger partial charge >= 0.3 is 6.18 Å². The van der Waals surface area contributed by atoms with E-state index in [1.807, 2.05) is 0 Å². The van der Waals surface area contributed by atoms with Crippen molar-refractivity contribution in [3.63, 3.8) is 0 Å². The smallest absolute Gasteiger partial charge is 0.362 e. The number of rotatable bonds is 2. The molecule has 0 radical (unpaired) electrons. The summed E-state index contributed by atoms with van der Waals surface area (Å²) in [5, 5.41) is 14.6. The summed E-state index contributed by atoms with van der Waals surface area (Å²) < 4.78 is 41.3. The molecule has 0 saturated carbocycles. The average Bonchev–Trinajstić information content (AvgIpc) is 2.94. The minimum absolute atomic E-state index is 0.0306. The quantitative estimate of drug-likeness (QED) is 0.731. The Balaban J connectivity index is 2.03. The zero-order chi connectivity index (χ0) is 19.1. The van der Waals surface area contributed by atoms with Crippen molar-refractivity contribution in [1.29, 1.82) is 0 Å². The van der Waals surface area contributed by atoms with Crippen molar-refractivity contribution in [3.8, 4) is 0 Å². The van der Waals surface area contributed by atoms with E-state index in [0.29, 0.717) is 15.1 Å². The number of hydrogen-bond donors (Lipinski definition) is 1. The molecule has 1 N–H and O–H groups in total. The number of aliphatic hydroxyl groups is 1. The molecule has 136 valence electrons. The predicted molar refractivity (Wildman–Crippen MR) is 93.9 cm³/mol.